The largest absolute Gasteiger partial charge is 0.337 e. The summed E-state index contributed by atoms with van der Waals surface area (Å²) < 4.78 is 0. The zero-order valence-corrected chi connectivity index (χ0v) is 17.1. The van der Waals surface area contributed by atoms with Crippen LogP contribution < -0.4 is 0 Å². The zero-order valence-electron chi connectivity index (χ0n) is 17.1. The van der Waals surface area contributed by atoms with Crippen molar-refractivity contribution in [3.05, 3.63) is 119 Å². The maximum Gasteiger partial charge on any atom is 0.269 e. The van der Waals surface area contributed by atoms with Gasteiger partial charge in [-0.2, -0.15) is 0 Å². The number of nitro groups is 1. The summed E-state index contributed by atoms with van der Waals surface area (Å²) in [7, 11) is 0. The molecule has 1 aromatic heterocycles. The molecule has 0 unspecified atom stereocenters. The van der Waals surface area contributed by atoms with Crippen LogP contribution in [0.1, 0.15) is 0 Å². The lowest BCUT2D eigenvalue weighted by molar-refractivity contribution is -0.384. The van der Waals surface area contributed by atoms with Gasteiger partial charge in [-0.3, -0.25) is 10.1 Å². The van der Waals surface area contributed by atoms with Gasteiger partial charge < -0.3 is 4.98 Å². The number of non-ortho nitro benzene ring substituents is 1. The molecule has 5 aromatic rings. The Hall–Kier alpha value is -4.51. The van der Waals surface area contributed by atoms with E-state index in [1.54, 1.807) is 12.1 Å². The fourth-order valence-corrected chi connectivity index (χ4v) is 3.72. The molecular weight excluding hydrogens is 398 g/mol. The Bertz CT molecular complexity index is 1360. The lowest BCUT2D eigenvalue weighted by Gasteiger charge is -2.06. The first-order chi connectivity index (χ1) is 15.7. The molecule has 1 N–H and O–H groups in total. The van der Waals surface area contributed by atoms with Gasteiger partial charge in [0.25, 0.3) is 5.69 Å². The van der Waals surface area contributed by atoms with Gasteiger partial charge in [-0.15, -0.1) is 0 Å². The second-order valence-electron chi connectivity index (χ2n) is 7.42. The van der Waals surface area contributed by atoms with E-state index in [9.17, 15) is 10.1 Å². The third-order valence-corrected chi connectivity index (χ3v) is 5.38. The average molecular weight is 417 g/mol. The number of nitrogens with zero attached hydrogens (tertiary/aromatic N) is 2. The van der Waals surface area contributed by atoms with E-state index in [-0.39, 0.29) is 5.69 Å². The Morgan fingerprint density at radius 3 is 1.69 bits per heavy atom. The van der Waals surface area contributed by atoms with Gasteiger partial charge in [-0.1, -0.05) is 84.9 Å². The summed E-state index contributed by atoms with van der Waals surface area (Å²) in [4.78, 5) is 18.9. The smallest absolute Gasteiger partial charge is 0.269 e. The maximum atomic E-state index is 11.0. The topological polar surface area (TPSA) is 71.8 Å². The number of nitro benzene ring substituents is 1. The lowest BCUT2D eigenvalue weighted by Crippen LogP contribution is -1.88. The fourth-order valence-electron chi connectivity index (χ4n) is 3.72. The highest BCUT2D eigenvalue weighted by Gasteiger charge is 2.16. The lowest BCUT2D eigenvalue weighted by atomic mass is 10.0. The molecule has 154 valence electrons. The van der Waals surface area contributed by atoms with E-state index in [0.29, 0.717) is 5.82 Å². The number of nitrogens with one attached hydrogen (secondary N) is 1. The van der Waals surface area contributed by atoms with E-state index < -0.39 is 4.92 Å². The molecule has 0 aliphatic carbocycles. The Morgan fingerprint density at radius 2 is 1.09 bits per heavy atom. The first-order valence-electron chi connectivity index (χ1n) is 10.3. The summed E-state index contributed by atoms with van der Waals surface area (Å²) in [6.45, 7) is 0. The monoisotopic (exact) mass is 417 g/mol. The summed E-state index contributed by atoms with van der Waals surface area (Å²) in [5.41, 5.74) is 6.92. The van der Waals surface area contributed by atoms with Crippen LogP contribution in [0.25, 0.3) is 45.0 Å². The molecule has 4 aromatic carbocycles. The zero-order chi connectivity index (χ0) is 21.9. The molecule has 0 saturated heterocycles. The van der Waals surface area contributed by atoms with Crippen molar-refractivity contribution >= 4 is 5.69 Å². The predicted molar refractivity (Wildman–Crippen MR) is 127 cm³/mol. The van der Waals surface area contributed by atoms with Crippen molar-refractivity contribution in [3.63, 3.8) is 0 Å². The van der Waals surface area contributed by atoms with Gasteiger partial charge in [0.1, 0.15) is 5.82 Å². The number of aromatic nitrogens is 2. The Kier molecular flexibility index (Phi) is 5.06. The SMILES string of the molecule is O=[N+]([O-])c1ccc(-c2nc(-c3ccccc3)c(-c3ccc(-c4ccccc4)cc3)[nH]2)cc1. The van der Waals surface area contributed by atoms with Crippen LogP contribution in [-0.4, -0.2) is 14.9 Å². The summed E-state index contributed by atoms with van der Waals surface area (Å²) in [6, 6.07) is 35.0. The van der Waals surface area contributed by atoms with Gasteiger partial charge in [-0.05, 0) is 23.3 Å². The Balaban J connectivity index is 1.58. The quantitative estimate of drug-likeness (QED) is 0.247. The molecule has 5 rings (SSSR count). The number of H-pyrrole nitrogens is 1. The highest BCUT2D eigenvalue weighted by atomic mass is 16.6. The van der Waals surface area contributed by atoms with Gasteiger partial charge in [0, 0.05) is 28.8 Å². The predicted octanol–water partition coefficient (Wildman–Crippen LogP) is 6.99. The van der Waals surface area contributed by atoms with Gasteiger partial charge >= 0.3 is 0 Å². The third-order valence-electron chi connectivity index (χ3n) is 5.38. The molecule has 0 aliphatic rings. The number of rotatable bonds is 5. The normalized spacial score (nSPS) is 10.8. The van der Waals surface area contributed by atoms with Crippen molar-refractivity contribution in [2.75, 3.05) is 0 Å². The minimum absolute atomic E-state index is 0.0558. The second kappa shape index (κ2) is 8.32. The standard InChI is InChI=1S/C27H19N3O2/c31-30(32)24-17-15-23(16-18-24)27-28-25(21-9-5-2-6-10-21)26(29-27)22-13-11-20(12-14-22)19-7-3-1-4-8-19/h1-18H,(H,28,29). The number of hydrogen-bond acceptors (Lipinski definition) is 3. The molecule has 0 atom stereocenters. The van der Waals surface area contributed by atoms with Crippen LogP contribution in [0.3, 0.4) is 0 Å². The van der Waals surface area contributed by atoms with Crippen LogP contribution in [0, 0.1) is 10.1 Å². The Morgan fingerprint density at radius 1 is 0.594 bits per heavy atom. The summed E-state index contributed by atoms with van der Waals surface area (Å²) in [5.74, 6) is 0.667. The molecule has 0 spiro atoms. The van der Waals surface area contributed by atoms with Crippen molar-refractivity contribution in [1.82, 2.24) is 9.97 Å². The van der Waals surface area contributed by atoms with E-state index in [1.807, 2.05) is 48.5 Å². The molecule has 0 fully saturated rings. The fraction of sp³-hybridized carbons (Fsp3) is 0. The molecule has 0 bridgehead atoms. The van der Waals surface area contributed by atoms with Crippen LogP contribution in [-0.2, 0) is 0 Å². The molecule has 0 radical (unpaired) electrons. The van der Waals surface area contributed by atoms with Crippen LogP contribution in [0.4, 0.5) is 5.69 Å². The molecule has 32 heavy (non-hydrogen) atoms. The second-order valence-corrected chi connectivity index (χ2v) is 7.42. The molecule has 1 heterocycles. The molecular formula is C27H19N3O2. The minimum atomic E-state index is -0.402. The number of imidazole rings is 1. The van der Waals surface area contributed by atoms with Crippen molar-refractivity contribution in [2.45, 2.75) is 0 Å². The van der Waals surface area contributed by atoms with E-state index in [4.69, 9.17) is 4.98 Å². The van der Waals surface area contributed by atoms with E-state index in [2.05, 4.69) is 41.4 Å². The number of benzene rings is 4. The van der Waals surface area contributed by atoms with Gasteiger partial charge in [-0.25, -0.2) is 4.98 Å². The third kappa shape index (κ3) is 3.79. The first-order valence-corrected chi connectivity index (χ1v) is 10.3. The first kappa shape index (κ1) is 19.5. The van der Waals surface area contributed by atoms with Crippen LogP contribution in [0.2, 0.25) is 0 Å². The van der Waals surface area contributed by atoms with Gasteiger partial charge in [0.2, 0.25) is 0 Å². The summed E-state index contributed by atoms with van der Waals surface area (Å²) >= 11 is 0. The molecule has 0 saturated carbocycles. The summed E-state index contributed by atoms with van der Waals surface area (Å²) in [5, 5.41) is 11.0. The van der Waals surface area contributed by atoms with E-state index >= 15 is 0 Å². The van der Waals surface area contributed by atoms with Crippen molar-refractivity contribution in [1.29, 1.82) is 0 Å². The van der Waals surface area contributed by atoms with E-state index in [1.165, 1.54) is 17.7 Å². The molecule has 0 aliphatic heterocycles. The average Bonchev–Trinajstić information content (AvgIpc) is 3.31. The van der Waals surface area contributed by atoms with Crippen LogP contribution >= 0.6 is 0 Å². The molecule has 0 amide bonds. The number of aromatic amines is 1. The van der Waals surface area contributed by atoms with Crippen molar-refractivity contribution in [3.8, 4) is 45.0 Å². The van der Waals surface area contributed by atoms with Gasteiger partial charge in [0.15, 0.2) is 0 Å². The summed E-state index contributed by atoms with van der Waals surface area (Å²) in [6.07, 6.45) is 0. The number of hydrogen-bond donors (Lipinski definition) is 1. The highest BCUT2D eigenvalue weighted by Crippen LogP contribution is 2.34. The Labute approximate surface area is 185 Å². The van der Waals surface area contributed by atoms with Crippen molar-refractivity contribution < 1.29 is 4.92 Å². The minimum Gasteiger partial charge on any atom is -0.337 e. The maximum absolute atomic E-state index is 11.0. The van der Waals surface area contributed by atoms with Gasteiger partial charge in [0.05, 0.1) is 16.3 Å². The molecule has 5 nitrogen and oxygen atoms in total. The van der Waals surface area contributed by atoms with E-state index in [0.717, 1.165) is 33.6 Å². The van der Waals surface area contributed by atoms with Crippen molar-refractivity contribution in [2.24, 2.45) is 0 Å². The molecule has 5 heteroatoms. The highest BCUT2D eigenvalue weighted by molar-refractivity contribution is 5.82. The van der Waals surface area contributed by atoms with Crippen LogP contribution in [0.5, 0.6) is 0 Å². The van der Waals surface area contributed by atoms with Crippen LogP contribution in [0.15, 0.2) is 109 Å².